The number of thiazole rings is 1. The van der Waals surface area contributed by atoms with Crippen molar-refractivity contribution in [3.8, 4) is 16.5 Å². The largest absolute Gasteiger partial charge is 0.488 e. The fourth-order valence-electron chi connectivity index (χ4n) is 8.84. The predicted octanol–water partition coefficient (Wildman–Crippen LogP) is 10.0. The minimum absolute atomic E-state index is 0.0972. The van der Waals surface area contributed by atoms with Crippen LogP contribution in [-0.4, -0.2) is 64.3 Å². The summed E-state index contributed by atoms with van der Waals surface area (Å²) in [6.07, 6.45) is 8.15. The molecule has 3 heterocycles. The van der Waals surface area contributed by atoms with Gasteiger partial charge in [-0.3, -0.25) is 19.1 Å². The lowest BCUT2D eigenvalue weighted by Crippen LogP contribution is -2.47. The summed E-state index contributed by atoms with van der Waals surface area (Å²) < 4.78 is 49.6. The van der Waals surface area contributed by atoms with Crippen molar-refractivity contribution in [2.24, 2.45) is 17.3 Å². The van der Waals surface area contributed by atoms with E-state index in [2.05, 4.69) is 31.7 Å². The third kappa shape index (κ3) is 9.70. The Hall–Kier alpha value is -4.75. The van der Waals surface area contributed by atoms with E-state index in [4.69, 9.17) is 14.7 Å². The number of ketones is 1. The van der Waals surface area contributed by atoms with E-state index in [-0.39, 0.29) is 55.7 Å². The maximum absolute atomic E-state index is 15.1. The van der Waals surface area contributed by atoms with Crippen LogP contribution in [0.25, 0.3) is 21.6 Å². The molecule has 63 heavy (non-hydrogen) atoms. The predicted molar refractivity (Wildman–Crippen MR) is 248 cm³/mol. The zero-order valence-corrected chi connectivity index (χ0v) is 39.1. The van der Waals surface area contributed by atoms with Crippen molar-refractivity contribution in [2.45, 2.75) is 135 Å². The molecule has 10 nitrogen and oxygen atoms in total. The average Bonchev–Trinajstić information content (AvgIpc) is 4.03. The van der Waals surface area contributed by atoms with Crippen LogP contribution in [-0.2, 0) is 30.8 Å². The maximum Gasteiger partial charge on any atom is 0.240 e. The van der Waals surface area contributed by atoms with E-state index >= 15 is 4.79 Å². The molecule has 1 aliphatic heterocycles. The topological polar surface area (TPSA) is 136 Å². The van der Waals surface area contributed by atoms with Crippen LogP contribution in [0.2, 0.25) is 0 Å². The Bertz CT molecular complexity index is 2550. The van der Waals surface area contributed by atoms with Gasteiger partial charge in [-0.1, -0.05) is 57.0 Å². The molecule has 0 bridgehead atoms. The molecule has 7 rings (SSSR count). The minimum Gasteiger partial charge on any atom is -0.488 e. The van der Waals surface area contributed by atoms with Crippen molar-refractivity contribution >= 4 is 49.9 Å². The first-order valence-electron chi connectivity index (χ1n) is 22.3. The highest BCUT2D eigenvalue weighted by molar-refractivity contribution is 7.91. The highest BCUT2D eigenvalue weighted by Crippen LogP contribution is 2.57. The Balaban J connectivity index is 1.23. The number of sulfonamides is 1. The summed E-state index contributed by atoms with van der Waals surface area (Å²) in [5.74, 6) is -1.81. The molecule has 5 atom stereocenters. The van der Waals surface area contributed by atoms with E-state index in [1.807, 2.05) is 49.6 Å². The van der Waals surface area contributed by atoms with Crippen LogP contribution < -0.4 is 9.46 Å². The van der Waals surface area contributed by atoms with E-state index in [0.29, 0.717) is 41.8 Å². The normalized spacial score (nSPS) is 21.9. The molecule has 2 amide bonds. The Morgan fingerprint density at radius 1 is 1.05 bits per heavy atom. The van der Waals surface area contributed by atoms with E-state index in [1.54, 1.807) is 30.9 Å². The fourth-order valence-corrected chi connectivity index (χ4v) is 11.1. The molecule has 0 unspecified atom stereocenters. The van der Waals surface area contributed by atoms with Crippen molar-refractivity contribution in [3.05, 3.63) is 101 Å². The second-order valence-corrected chi connectivity index (χ2v) is 21.8. The van der Waals surface area contributed by atoms with E-state index in [0.717, 1.165) is 58.4 Å². The second kappa shape index (κ2) is 18.4. The molecular weight excluding hydrogens is 836 g/mol. The number of unbranched alkanes of at least 4 members (excludes halogenated alkanes) is 3. The number of hydrogen-bond donors (Lipinski definition) is 1. The Kier molecular flexibility index (Phi) is 13.5. The van der Waals surface area contributed by atoms with E-state index in [9.17, 15) is 22.4 Å². The first-order valence-corrected chi connectivity index (χ1v) is 24.7. The zero-order chi connectivity index (χ0) is 45.4. The molecule has 2 aromatic carbocycles. The SMILES string of the molecule is C=CCCCCC[C@H](Cc1ccc(C)c(F)c1)C(=O)N1C[C@H](Oc2cc(-c3nc(C(C)C)cs3)nc3c(C)c(C)ccc23)C[C@H]1C(=O)C[C@]1(C(=O)NS(=O)(=O)C2(C)CC2)C[C@H]1C=C. The van der Waals surface area contributed by atoms with Gasteiger partial charge in [-0.05, 0) is 119 Å². The molecule has 3 aliphatic rings. The van der Waals surface area contributed by atoms with Crippen molar-refractivity contribution in [3.63, 3.8) is 0 Å². The third-order valence-corrected chi connectivity index (χ3v) is 16.8. The minimum atomic E-state index is -3.97. The third-order valence-electron chi connectivity index (χ3n) is 13.7. The summed E-state index contributed by atoms with van der Waals surface area (Å²) in [5.41, 5.74) is 4.38. The molecule has 2 aliphatic carbocycles. The average molecular weight is 897 g/mol. The first-order chi connectivity index (χ1) is 29.9. The van der Waals surface area contributed by atoms with Gasteiger partial charge in [0.05, 0.1) is 34.0 Å². The monoisotopic (exact) mass is 896 g/mol. The van der Waals surface area contributed by atoms with Gasteiger partial charge in [0.15, 0.2) is 5.78 Å². The van der Waals surface area contributed by atoms with Crippen molar-refractivity contribution in [1.29, 1.82) is 0 Å². The van der Waals surface area contributed by atoms with Crippen molar-refractivity contribution in [2.75, 3.05) is 6.54 Å². The fraction of sp³-hybridized carbons (Fsp3) is 0.500. The van der Waals surface area contributed by atoms with Gasteiger partial charge in [0, 0.05) is 35.6 Å². The van der Waals surface area contributed by atoms with Crippen LogP contribution in [0.3, 0.4) is 0 Å². The molecule has 0 spiro atoms. The molecule has 2 saturated carbocycles. The number of carbonyl (C=O) groups is 3. The molecule has 4 aromatic rings. The molecule has 1 N–H and O–H groups in total. The van der Waals surface area contributed by atoms with Gasteiger partial charge in [-0.25, -0.2) is 22.8 Å². The number of halogens is 1. The number of Topliss-reactive ketones (excluding diaryl/α,β-unsaturated/α-hetero) is 1. The van der Waals surface area contributed by atoms with Crippen LogP contribution in [0.4, 0.5) is 4.39 Å². The number of aryl methyl sites for hydroxylation is 3. The number of nitrogens with zero attached hydrogens (tertiary/aromatic N) is 3. The second-order valence-electron chi connectivity index (χ2n) is 18.8. The van der Waals surface area contributed by atoms with Gasteiger partial charge in [-0.15, -0.1) is 24.5 Å². The highest BCUT2D eigenvalue weighted by atomic mass is 32.2. The Labute approximate surface area is 375 Å². The zero-order valence-electron chi connectivity index (χ0n) is 37.5. The van der Waals surface area contributed by atoms with Gasteiger partial charge in [0.2, 0.25) is 21.8 Å². The van der Waals surface area contributed by atoms with Crippen LogP contribution >= 0.6 is 11.3 Å². The summed E-state index contributed by atoms with van der Waals surface area (Å²) in [7, 11) is -3.97. The van der Waals surface area contributed by atoms with E-state index in [1.165, 1.54) is 17.4 Å². The number of carbonyl (C=O) groups excluding carboxylic acids is 3. The molecule has 13 heteroatoms. The van der Waals surface area contributed by atoms with Crippen molar-refractivity contribution in [1.82, 2.24) is 19.6 Å². The molecular formula is C50H61FN4O6S2. The lowest BCUT2D eigenvalue weighted by atomic mass is 9.89. The number of nitrogens with one attached hydrogen (secondary N) is 1. The number of rotatable bonds is 20. The summed E-state index contributed by atoms with van der Waals surface area (Å²) in [4.78, 5) is 55.4. The number of hydrogen-bond acceptors (Lipinski definition) is 9. The molecule has 1 saturated heterocycles. The molecule has 0 radical (unpaired) electrons. The summed E-state index contributed by atoms with van der Waals surface area (Å²) in [6.45, 7) is 19.4. The molecule has 2 aromatic heterocycles. The number of amides is 2. The van der Waals surface area contributed by atoms with Gasteiger partial charge in [0.1, 0.15) is 28.4 Å². The Morgan fingerprint density at radius 2 is 1.79 bits per heavy atom. The number of fused-ring (bicyclic) bond motifs is 1. The van der Waals surface area contributed by atoms with Crippen LogP contribution in [0.5, 0.6) is 5.75 Å². The lowest BCUT2D eigenvalue weighted by molar-refractivity contribution is -0.142. The van der Waals surface area contributed by atoms with Crippen LogP contribution in [0.15, 0.2) is 67.1 Å². The van der Waals surface area contributed by atoms with E-state index < -0.39 is 50.1 Å². The quantitative estimate of drug-likeness (QED) is 0.0684. The summed E-state index contributed by atoms with van der Waals surface area (Å²) in [5, 5.41) is 3.59. The van der Waals surface area contributed by atoms with Gasteiger partial charge in [-0.2, -0.15) is 0 Å². The smallest absolute Gasteiger partial charge is 0.240 e. The Morgan fingerprint density at radius 3 is 2.44 bits per heavy atom. The number of ether oxygens (including phenoxy) is 1. The summed E-state index contributed by atoms with van der Waals surface area (Å²) >= 11 is 1.52. The van der Waals surface area contributed by atoms with Crippen molar-refractivity contribution < 1.29 is 31.9 Å². The first kappa shape index (κ1) is 46.2. The molecule has 3 fully saturated rings. The summed E-state index contributed by atoms with van der Waals surface area (Å²) in [6, 6.07) is 9.98. The maximum atomic E-state index is 15.1. The standard InChI is InChI=1S/C50H61FN4O6S2/c1-9-11-12-13-14-15-35(22-34-18-16-32(6)39(51)23-34)47(57)55-28-37(24-42(55)43(56)27-50(26-36(50)10-2)48(58)54-63(59,60)49(8)20-21-49)61-44-25-40(46-53-41(29-62-46)30(3)4)52-45-33(7)31(5)17-19-38(44)45/h9-10,16-19,23,25,29-30,35-37,42H,1-2,11-15,20-22,24,26-28H2,3-8H3,(H,54,58)/t35-,36-,37-,42+,50-/m1/s1. The van der Waals surface area contributed by atoms with Gasteiger partial charge < -0.3 is 9.64 Å². The molecule has 336 valence electrons. The van der Waals surface area contributed by atoms with Gasteiger partial charge >= 0.3 is 0 Å². The number of pyridine rings is 1. The number of likely N-dealkylation sites (tertiary alicyclic amines) is 1. The number of aromatic nitrogens is 2. The highest BCUT2D eigenvalue weighted by Gasteiger charge is 2.62. The number of benzene rings is 2. The van der Waals surface area contributed by atoms with Crippen LogP contribution in [0.1, 0.15) is 119 Å². The van der Waals surface area contributed by atoms with Gasteiger partial charge in [0.25, 0.3) is 0 Å². The van der Waals surface area contributed by atoms with Crippen LogP contribution in [0, 0.1) is 43.8 Å². The lowest BCUT2D eigenvalue weighted by Gasteiger charge is -2.29. The number of allylic oxidation sites excluding steroid dienone is 2.